The van der Waals surface area contributed by atoms with E-state index in [4.69, 9.17) is 5.73 Å². The number of hydrogen-bond donors (Lipinski definition) is 1. The minimum atomic E-state index is 0.212. The quantitative estimate of drug-likeness (QED) is 0.437. The van der Waals surface area contributed by atoms with Gasteiger partial charge in [-0.3, -0.25) is 9.59 Å². The monoisotopic (exact) mass is 222 g/mol. The summed E-state index contributed by atoms with van der Waals surface area (Å²) in [7, 11) is 1.97. The van der Waals surface area contributed by atoms with Gasteiger partial charge in [0.2, 0.25) is 0 Å². The van der Waals surface area contributed by atoms with Crippen molar-refractivity contribution in [2.24, 2.45) is 5.73 Å². The molecule has 0 unspecified atom stereocenters. The van der Waals surface area contributed by atoms with Crippen LogP contribution in [0.15, 0.2) is 24.0 Å². The van der Waals surface area contributed by atoms with Gasteiger partial charge in [0.25, 0.3) is 0 Å². The zero-order valence-electron chi connectivity index (χ0n) is 9.56. The Balaban J connectivity index is 2.43. The smallest absolute Gasteiger partial charge is 0.165 e. The lowest BCUT2D eigenvalue weighted by Crippen LogP contribution is -2.31. The molecule has 1 rings (SSSR count). The molecule has 16 heavy (non-hydrogen) atoms. The fraction of sp³-hybridized carbons (Fsp3) is 0.500. The largest absolute Gasteiger partial charge is 0.396 e. The second-order valence-corrected chi connectivity index (χ2v) is 4.06. The molecule has 1 fully saturated rings. The topological polar surface area (TPSA) is 63.4 Å². The molecule has 0 aromatic carbocycles. The van der Waals surface area contributed by atoms with Gasteiger partial charge in [0.1, 0.15) is 5.78 Å². The summed E-state index contributed by atoms with van der Waals surface area (Å²) < 4.78 is 0. The Hall–Kier alpha value is -1.58. The van der Waals surface area contributed by atoms with Gasteiger partial charge >= 0.3 is 0 Å². The number of carbonyl (C=O) groups excluding carboxylic acids is 2. The van der Waals surface area contributed by atoms with E-state index in [9.17, 15) is 9.59 Å². The van der Waals surface area contributed by atoms with Crippen LogP contribution >= 0.6 is 0 Å². The fourth-order valence-electron chi connectivity index (χ4n) is 1.78. The number of carbonyl (C=O) groups is 2. The maximum absolute atomic E-state index is 11.1. The lowest BCUT2D eigenvalue weighted by Gasteiger charge is -2.29. The van der Waals surface area contributed by atoms with Crippen molar-refractivity contribution >= 4 is 12.1 Å². The lowest BCUT2D eigenvalue weighted by atomic mass is 9.94. The Kier molecular flexibility index (Phi) is 4.76. The zero-order chi connectivity index (χ0) is 12.0. The molecule has 1 aliphatic carbocycles. The minimum absolute atomic E-state index is 0.212. The van der Waals surface area contributed by atoms with Crippen LogP contribution in [0.5, 0.6) is 0 Å². The molecule has 0 atom stereocenters. The molecule has 0 aromatic rings. The van der Waals surface area contributed by atoms with E-state index in [1.165, 1.54) is 0 Å². The minimum Gasteiger partial charge on any atom is -0.396 e. The summed E-state index contributed by atoms with van der Waals surface area (Å²) in [5.74, 6) is 0.360. The van der Waals surface area contributed by atoms with Crippen molar-refractivity contribution in [2.45, 2.75) is 31.7 Å². The first-order chi connectivity index (χ1) is 7.63. The first kappa shape index (κ1) is 12.5. The van der Waals surface area contributed by atoms with Gasteiger partial charge in [-0.05, 0) is 31.2 Å². The van der Waals surface area contributed by atoms with Crippen molar-refractivity contribution in [3.05, 3.63) is 24.0 Å². The number of rotatable bonds is 4. The summed E-state index contributed by atoms with van der Waals surface area (Å²) >= 11 is 0. The number of hydrogen-bond acceptors (Lipinski definition) is 4. The molecule has 88 valence electrons. The number of ketones is 1. The number of nitrogens with zero attached hydrogens (tertiary/aromatic N) is 1. The SMILES string of the molecule is CN(/C=C\C=C(\N)C=O)C1CCC(=O)CC1. The molecule has 0 amide bonds. The number of aldehydes is 1. The number of Topliss-reactive ketones (excluding diaryl/α,β-unsaturated/α-hetero) is 1. The van der Waals surface area contributed by atoms with Crippen molar-refractivity contribution in [1.29, 1.82) is 0 Å². The molecule has 0 aromatic heterocycles. The van der Waals surface area contributed by atoms with Crippen LogP contribution < -0.4 is 5.73 Å². The van der Waals surface area contributed by atoms with Crippen molar-refractivity contribution in [2.75, 3.05) is 7.05 Å². The summed E-state index contributed by atoms with van der Waals surface area (Å²) in [6, 6.07) is 0.416. The van der Waals surface area contributed by atoms with Crippen LogP contribution in [0.3, 0.4) is 0 Å². The molecule has 2 N–H and O–H groups in total. The van der Waals surface area contributed by atoms with Crippen LogP contribution in [-0.2, 0) is 9.59 Å². The van der Waals surface area contributed by atoms with Gasteiger partial charge in [-0.25, -0.2) is 0 Å². The molecule has 0 radical (unpaired) electrons. The highest BCUT2D eigenvalue weighted by Gasteiger charge is 2.20. The molecular weight excluding hydrogens is 204 g/mol. The summed E-state index contributed by atoms with van der Waals surface area (Å²) in [6.07, 6.45) is 8.99. The predicted molar refractivity (Wildman–Crippen MR) is 62.5 cm³/mol. The highest BCUT2D eigenvalue weighted by Crippen LogP contribution is 2.19. The van der Waals surface area contributed by atoms with Crippen LogP contribution in [0, 0.1) is 0 Å². The van der Waals surface area contributed by atoms with E-state index < -0.39 is 0 Å². The first-order valence-electron chi connectivity index (χ1n) is 5.46. The van der Waals surface area contributed by atoms with Crippen molar-refractivity contribution < 1.29 is 9.59 Å². The standard InChI is InChI=1S/C12H18N2O2/c1-14(8-2-3-10(13)9-15)11-4-6-12(16)7-5-11/h2-3,8-9,11H,4-7,13H2,1H3/b8-2-,10-3+. The van der Waals surface area contributed by atoms with Crippen molar-refractivity contribution in [3.8, 4) is 0 Å². The van der Waals surface area contributed by atoms with Crippen LogP contribution in [0.1, 0.15) is 25.7 Å². The maximum atomic E-state index is 11.1. The van der Waals surface area contributed by atoms with Gasteiger partial charge in [0.05, 0.1) is 5.70 Å². The van der Waals surface area contributed by atoms with Crippen LogP contribution in [0.25, 0.3) is 0 Å². The van der Waals surface area contributed by atoms with E-state index in [2.05, 4.69) is 4.90 Å². The molecule has 4 heteroatoms. The predicted octanol–water partition coefficient (Wildman–Crippen LogP) is 0.985. The van der Waals surface area contributed by atoms with Crippen LogP contribution in [0.4, 0.5) is 0 Å². The summed E-state index contributed by atoms with van der Waals surface area (Å²) in [5, 5.41) is 0. The average molecular weight is 222 g/mol. The van der Waals surface area contributed by atoms with Gasteiger partial charge < -0.3 is 10.6 Å². The van der Waals surface area contributed by atoms with E-state index in [-0.39, 0.29) is 5.70 Å². The lowest BCUT2D eigenvalue weighted by molar-refractivity contribution is -0.121. The Labute approximate surface area is 95.8 Å². The zero-order valence-corrected chi connectivity index (χ0v) is 9.56. The Morgan fingerprint density at radius 3 is 2.62 bits per heavy atom. The van der Waals surface area contributed by atoms with E-state index in [1.807, 2.05) is 13.2 Å². The van der Waals surface area contributed by atoms with E-state index in [1.54, 1.807) is 12.2 Å². The van der Waals surface area contributed by atoms with Crippen LogP contribution in [0.2, 0.25) is 0 Å². The Morgan fingerprint density at radius 2 is 2.06 bits per heavy atom. The Bertz CT molecular complexity index is 311. The molecule has 1 aliphatic rings. The maximum Gasteiger partial charge on any atom is 0.165 e. The average Bonchev–Trinajstić information content (AvgIpc) is 2.29. The molecule has 0 heterocycles. The third kappa shape index (κ3) is 3.88. The van der Waals surface area contributed by atoms with Crippen LogP contribution in [-0.4, -0.2) is 30.1 Å². The van der Waals surface area contributed by atoms with E-state index in [0.29, 0.717) is 31.0 Å². The van der Waals surface area contributed by atoms with Crippen molar-refractivity contribution in [3.63, 3.8) is 0 Å². The Morgan fingerprint density at radius 1 is 1.44 bits per heavy atom. The molecule has 0 bridgehead atoms. The van der Waals surface area contributed by atoms with Crippen molar-refractivity contribution in [1.82, 2.24) is 4.90 Å². The normalized spacial score (nSPS) is 19.1. The van der Waals surface area contributed by atoms with E-state index in [0.717, 1.165) is 12.8 Å². The molecule has 0 saturated heterocycles. The van der Waals surface area contributed by atoms with Gasteiger partial charge in [-0.1, -0.05) is 0 Å². The molecule has 1 saturated carbocycles. The number of allylic oxidation sites excluding steroid dienone is 3. The van der Waals surface area contributed by atoms with Gasteiger partial charge in [-0.15, -0.1) is 0 Å². The molecular formula is C12H18N2O2. The first-order valence-corrected chi connectivity index (χ1v) is 5.46. The highest BCUT2D eigenvalue weighted by molar-refractivity contribution is 5.79. The highest BCUT2D eigenvalue weighted by atomic mass is 16.1. The summed E-state index contributed by atoms with van der Waals surface area (Å²) in [5.41, 5.74) is 5.55. The van der Waals surface area contributed by atoms with E-state index >= 15 is 0 Å². The summed E-state index contributed by atoms with van der Waals surface area (Å²) in [4.78, 5) is 23.4. The molecule has 4 nitrogen and oxygen atoms in total. The molecule has 0 aliphatic heterocycles. The fourth-order valence-corrected chi connectivity index (χ4v) is 1.78. The third-order valence-electron chi connectivity index (χ3n) is 2.83. The third-order valence-corrected chi connectivity index (χ3v) is 2.83. The second kappa shape index (κ2) is 6.10. The number of nitrogens with two attached hydrogens (primary N) is 1. The van der Waals surface area contributed by atoms with Gasteiger partial charge in [0, 0.05) is 25.9 Å². The summed E-state index contributed by atoms with van der Waals surface area (Å²) in [6.45, 7) is 0. The van der Waals surface area contributed by atoms with Gasteiger partial charge in [0.15, 0.2) is 6.29 Å². The van der Waals surface area contributed by atoms with Gasteiger partial charge in [-0.2, -0.15) is 0 Å². The molecule has 0 spiro atoms. The second-order valence-electron chi connectivity index (χ2n) is 4.06.